The standard InChI is InChI=1S/C16H13BrClNO2/c1-10(20)14-5-4-13(17)7-16(14)21-9-12-3-2-11(8-19)6-15(12)18/h2-7,10,20H,9H2,1H3/t10-/m0/s1. The monoisotopic (exact) mass is 365 g/mol. The van der Waals surface area contributed by atoms with E-state index in [-0.39, 0.29) is 6.61 Å². The Morgan fingerprint density at radius 3 is 2.71 bits per heavy atom. The minimum Gasteiger partial charge on any atom is -0.488 e. The summed E-state index contributed by atoms with van der Waals surface area (Å²) in [5, 5.41) is 19.1. The van der Waals surface area contributed by atoms with Crippen molar-refractivity contribution in [1.29, 1.82) is 5.26 Å². The van der Waals surface area contributed by atoms with Gasteiger partial charge in [0.15, 0.2) is 0 Å². The molecule has 2 aromatic rings. The van der Waals surface area contributed by atoms with Crippen molar-refractivity contribution in [2.24, 2.45) is 0 Å². The lowest BCUT2D eigenvalue weighted by molar-refractivity contribution is 0.190. The molecule has 1 atom stereocenters. The molecule has 0 aliphatic carbocycles. The van der Waals surface area contributed by atoms with Gasteiger partial charge in [0.25, 0.3) is 0 Å². The highest BCUT2D eigenvalue weighted by molar-refractivity contribution is 9.10. The average molecular weight is 367 g/mol. The maximum absolute atomic E-state index is 9.76. The number of ether oxygens (including phenoxy) is 1. The molecule has 0 radical (unpaired) electrons. The Balaban J connectivity index is 2.20. The molecule has 0 spiro atoms. The first-order valence-corrected chi connectivity index (χ1v) is 7.47. The van der Waals surface area contributed by atoms with Crippen molar-refractivity contribution in [3.63, 3.8) is 0 Å². The average Bonchev–Trinajstić information content (AvgIpc) is 2.45. The molecule has 0 saturated heterocycles. The van der Waals surface area contributed by atoms with E-state index in [1.807, 2.05) is 18.2 Å². The largest absolute Gasteiger partial charge is 0.488 e. The van der Waals surface area contributed by atoms with Crippen LogP contribution >= 0.6 is 27.5 Å². The molecule has 0 saturated carbocycles. The first kappa shape index (κ1) is 15.8. The molecular weight excluding hydrogens is 354 g/mol. The molecule has 0 unspecified atom stereocenters. The molecule has 1 N–H and O–H groups in total. The van der Waals surface area contributed by atoms with Crippen LogP contribution in [0.1, 0.15) is 29.7 Å². The Morgan fingerprint density at radius 2 is 2.10 bits per heavy atom. The summed E-state index contributed by atoms with van der Waals surface area (Å²) in [6, 6.07) is 12.6. The highest BCUT2D eigenvalue weighted by Crippen LogP contribution is 2.30. The van der Waals surface area contributed by atoms with Gasteiger partial charge in [0.2, 0.25) is 0 Å². The van der Waals surface area contributed by atoms with E-state index in [1.54, 1.807) is 31.2 Å². The summed E-state index contributed by atoms with van der Waals surface area (Å²) in [7, 11) is 0. The molecule has 5 heteroatoms. The number of halogens is 2. The van der Waals surface area contributed by atoms with Crippen molar-refractivity contribution >= 4 is 27.5 Å². The van der Waals surface area contributed by atoms with E-state index >= 15 is 0 Å². The fourth-order valence-electron chi connectivity index (χ4n) is 1.87. The van der Waals surface area contributed by atoms with Crippen LogP contribution in [0.4, 0.5) is 0 Å². The maximum Gasteiger partial charge on any atom is 0.126 e. The SMILES string of the molecule is C[C@H](O)c1ccc(Br)cc1OCc1ccc(C#N)cc1Cl. The molecule has 0 amide bonds. The van der Waals surface area contributed by atoms with E-state index in [9.17, 15) is 5.11 Å². The minimum absolute atomic E-state index is 0.265. The molecule has 21 heavy (non-hydrogen) atoms. The van der Waals surface area contributed by atoms with Crippen LogP contribution in [0.5, 0.6) is 5.75 Å². The number of hydrogen-bond donors (Lipinski definition) is 1. The number of nitrogens with zero attached hydrogens (tertiary/aromatic N) is 1. The zero-order valence-corrected chi connectivity index (χ0v) is 13.6. The number of rotatable bonds is 4. The summed E-state index contributed by atoms with van der Waals surface area (Å²) in [6.07, 6.45) is -0.621. The van der Waals surface area contributed by atoms with Crippen LogP contribution in [0, 0.1) is 11.3 Å². The van der Waals surface area contributed by atoms with E-state index < -0.39 is 6.10 Å². The van der Waals surface area contributed by atoms with Gasteiger partial charge in [-0.3, -0.25) is 0 Å². The van der Waals surface area contributed by atoms with Gasteiger partial charge < -0.3 is 9.84 Å². The Labute approximate surface area is 136 Å². The van der Waals surface area contributed by atoms with Crippen LogP contribution in [0.15, 0.2) is 40.9 Å². The normalized spacial score (nSPS) is 11.8. The van der Waals surface area contributed by atoms with Gasteiger partial charge in [-0.2, -0.15) is 5.26 Å². The molecule has 0 aromatic heterocycles. The summed E-state index contributed by atoms with van der Waals surface area (Å²) in [5.41, 5.74) is 2.01. The summed E-state index contributed by atoms with van der Waals surface area (Å²) in [6.45, 7) is 1.95. The molecule has 108 valence electrons. The van der Waals surface area contributed by atoms with Crippen LogP contribution in [0.2, 0.25) is 5.02 Å². The summed E-state index contributed by atoms with van der Waals surface area (Å²) in [5.74, 6) is 0.597. The van der Waals surface area contributed by atoms with Gasteiger partial charge >= 0.3 is 0 Å². The van der Waals surface area contributed by atoms with Crippen molar-refractivity contribution in [1.82, 2.24) is 0 Å². The third kappa shape index (κ3) is 3.98. The predicted octanol–water partition coefficient (Wildman–Crippen LogP) is 4.61. The molecule has 0 fully saturated rings. The van der Waals surface area contributed by atoms with Crippen molar-refractivity contribution in [2.45, 2.75) is 19.6 Å². The predicted molar refractivity (Wildman–Crippen MR) is 85.3 cm³/mol. The van der Waals surface area contributed by atoms with Gasteiger partial charge in [0, 0.05) is 20.6 Å². The maximum atomic E-state index is 9.76. The molecule has 0 bridgehead atoms. The molecule has 2 aromatic carbocycles. The van der Waals surface area contributed by atoms with Gasteiger partial charge in [0.1, 0.15) is 12.4 Å². The second-order valence-corrected chi connectivity index (χ2v) is 5.89. The van der Waals surface area contributed by atoms with E-state index in [0.29, 0.717) is 21.9 Å². The smallest absolute Gasteiger partial charge is 0.126 e. The molecular formula is C16H13BrClNO2. The van der Waals surface area contributed by atoms with Crippen LogP contribution in [0.25, 0.3) is 0 Å². The molecule has 2 rings (SSSR count). The van der Waals surface area contributed by atoms with Crippen LogP contribution in [0.3, 0.4) is 0 Å². The zero-order chi connectivity index (χ0) is 15.4. The Morgan fingerprint density at radius 1 is 1.33 bits per heavy atom. The fourth-order valence-corrected chi connectivity index (χ4v) is 2.44. The summed E-state index contributed by atoms with van der Waals surface area (Å²) >= 11 is 9.50. The van der Waals surface area contributed by atoms with Crippen LogP contribution in [-0.2, 0) is 6.61 Å². The van der Waals surface area contributed by atoms with Crippen molar-refractivity contribution in [2.75, 3.05) is 0 Å². The van der Waals surface area contributed by atoms with E-state index in [1.165, 1.54) is 0 Å². The van der Waals surface area contributed by atoms with Crippen LogP contribution in [-0.4, -0.2) is 5.11 Å². The highest BCUT2D eigenvalue weighted by Gasteiger charge is 2.11. The number of aliphatic hydroxyl groups excluding tert-OH is 1. The number of benzene rings is 2. The van der Waals surface area contributed by atoms with E-state index in [2.05, 4.69) is 15.9 Å². The summed E-state index contributed by atoms with van der Waals surface area (Å²) in [4.78, 5) is 0. The Bertz CT molecular complexity index is 695. The number of nitriles is 1. The fraction of sp³-hybridized carbons (Fsp3) is 0.188. The van der Waals surface area contributed by atoms with Crippen molar-refractivity contribution in [3.05, 3.63) is 62.6 Å². The van der Waals surface area contributed by atoms with Crippen molar-refractivity contribution < 1.29 is 9.84 Å². The molecule has 0 aliphatic rings. The van der Waals surface area contributed by atoms with Gasteiger partial charge in [-0.1, -0.05) is 39.7 Å². The lowest BCUT2D eigenvalue weighted by Crippen LogP contribution is -2.01. The number of hydrogen-bond acceptors (Lipinski definition) is 3. The van der Waals surface area contributed by atoms with Crippen molar-refractivity contribution in [3.8, 4) is 11.8 Å². The second-order valence-electron chi connectivity index (χ2n) is 4.56. The third-order valence-corrected chi connectivity index (χ3v) is 3.84. The summed E-state index contributed by atoms with van der Waals surface area (Å²) < 4.78 is 6.63. The number of aliphatic hydroxyl groups is 1. The zero-order valence-electron chi connectivity index (χ0n) is 11.3. The quantitative estimate of drug-likeness (QED) is 0.860. The lowest BCUT2D eigenvalue weighted by Gasteiger charge is -2.14. The topological polar surface area (TPSA) is 53.2 Å². The van der Waals surface area contributed by atoms with E-state index in [4.69, 9.17) is 21.6 Å². The van der Waals surface area contributed by atoms with Gasteiger partial charge in [-0.05, 0) is 31.2 Å². The highest BCUT2D eigenvalue weighted by atomic mass is 79.9. The lowest BCUT2D eigenvalue weighted by atomic mass is 10.1. The molecule has 0 heterocycles. The Hall–Kier alpha value is -1.54. The first-order chi connectivity index (χ1) is 10.0. The molecule has 0 aliphatic heterocycles. The Kier molecular flexibility index (Phi) is 5.24. The third-order valence-electron chi connectivity index (χ3n) is 2.99. The van der Waals surface area contributed by atoms with Gasteiger partial charge in [-0.25, -0.2) is 0 Å². The second kappa shape index (κ2) is 6.95. The van der Waals surface area contributed by atoms with E-state index in [0.717, 1.165) is 10.0 Å². The van der Waals surface area contributed by atoms with Gasteiger partial charge in [0.05, 0.1) is 17.7 Å². The minimum atomic E-state index is -0.621. The van der Waals surface area contributed by atoms with Gasteiger partial charge in [-0.15, -0.1) is 0 Å². The first-order valence-electron chi connectivity index (χ1n) is 6.30. The van der Waals surface area contributed by atoms with Crippen LogP contribution < -0.4 is 4.74 Å². The molecule has 3 nitrogen and oxygen atoms in total.